The zero-order chi connectivity index (χ0) is 20.4. The quantitative estimate of drug-likeness (QED) is 0.398. The molecule has 148 valence electrons. The third-order valence-corrected chi connectivity index (χ3v) is 4.56. The molecule has 0 amide bonds. The molecule has 4 rings (SSSR count). The van der Waals surface area contributed by atoms with E-state index in [1.54, 1.807) is 18.6 Å². The Morgan fingerprint density at radius 3 is 2.23 bits per heavy atom. The van der Waals surface area contributed by atoms with Gasteiger partial charge in [0.05, 0.1) is 36.3 Å². The van der Waals surface area contributed by atoms with E-state index >= 15 is 0 Å². The molecule has 30 heavy (non-hydrogen) atoms. The summed E-state index contributed by atoms with van der Waals surface area (Å²) in [5, 5.41) is 0. The van der Waals surface area contributed by atoms with Crippen molar-refractivity contribution in [3.63, 3.8) is 0 Å². The van der Waals surface area contributed by atoms with Crippen LogP contribution in [0.3, 0.4) is 0 Å². The second-order valence-corrected chi connectivity index (χ2v) is 6.74. The van der Waals surface area contributed by atoms with E-state index in [1.807, 2.05) is 72.9 Å². The van der Waals surface area contributed by atoms with Crippen molar-refractivity contribution in [1.29, 1.82) is 0 Å². The first kappa shape index (κ1) is 19.6. The molecule has 0 aliphatic rings. The lowest BCUT2D eigenvalue weighted by molar-refractivity contribution is 0.108. The van der Waals surface area contributed by atoms with Crippen LogP contribution in [-0.2, 0) is 11.3 Å². The van der Waals surface area contributed by atoms with Crippen LogP contribution in [0, 0.1) is 0 Å². The Labute approximate surface area is 176 Å². The van der Waals surface area contributed by atoms with Crippen molar-refractivity contribution in [2.45, 2.75) is 12.6 Å². The topological polar surface area (TPSA) is 60.3 Å². The number of nitrogens with zero attached hydrogens (tertiary/aromatic N) is 4. The highest BCUT2D eigenvalue weighted by Crippen LogP contribution is 2.19. The third kappa shape index (κ3) is 5.43. The molecule has 1 unspecified atom stereocenters. The molecule has 0 fully saturated rings. The minimum atomic E-state index is -0.103. The molecule has 0 bridgehead atoms. The number of pyridine rings is 3. The van der Waals surface area contributed by atoms with Crippen molar-refractivity contribution >= 4 is 6.21 Å². The van der Waals surface area contributed by atoms with Crippen LogP contribution in [-0.4, -0.2) is 27.8 Å². The van der Waals surface area contributed by atoms with Gasteiger partial charge in [0.1, 0.15) is 0 Å². The van der Waals surface area contributed by atoms with E-state index in [0.29, 0.717) is 13.2 Å². The normalized spacial score (nSPS) is 12.1. The molecule has 0 saturated carbocycles. The summed E-state index contributed by atoms with van der Waals surface area (Å²) in [7, 11) is 0. The van der Waals surface area contributed by atoms with Gasteiger partial charge in [-0.15, -0.1) is 0 Å². The van der Waals surface area contributed by atoms with Gasteiger partial charge < -0.3 is 4.74 Å². The van der Waals surface area contributed by atoms with E-state index in [-0.39, 0.29) is 6.04 Å². The molecule has 5 nitrogen and oxygen atoms in total. The number of ether oxygens (including phenoxy) is 1. The van der Waals surface area contributed by atoms with E-state index in [0.717, 1.165) is 28.2 Å². The Morgan fingerprint density at radius 1 is 0.767 bits per heavy atom. The lowest BCUT2D eigenvalue weighted by Crippen LogP contribution is -2.07. The molecule has 5 heteroatoms. The molecule has 0 aliphatic carbocycles. The van der Waals surface area contributed by atoms with Crippen LogP contribution in [0.4, 0.5) is 0 Å². The molecular formula is C25H22N4O. The molecule has 0 N–H and O–H groups in total. The largest absolute Gasteiger partial charge is 0.374 e. The zero-order valence-electron chi connectivity index (χ0n) is 16.5. The van der Waals surface area contributed by atoms with Gasteiger partial charge in [0, 0.05) is 24.8 Å². The molecule has 1 atom stereocenters. The van der Waals surface area contributed by atoms with Crippen LogP contribution in [0.25, 0.3) is 11.4 Å². The summed E-state index contributed by atoms with van der Waals surface area (Å²) in [4.78, 5) is 17.8. The first-order chi connectivity index (χ1) is 14.9. The Hall–Kier alpha value is -3.70. The van der Waals surface area contributed by atoms with E-state index in [4.69, 9.17) is 9.73 Å². The second-order valence-electron chi connectivity index (χ2n) is 6.74. The van der Waals surface area contributed by atoms with Crippen LogP contribution < -0.4 is 0 Å². The van der Waals surface area contributed by atoms with E-state index in [9.17, 15) is 0 Å². The molecule has 3 heterocycles. The summed E-state index contributed by atoms with van der Waals surface area (Å²) in [5.74, 6) is 0. The van der Waals surface area contributed by atoms with Gasteiger partial charge in [-0.25, -0.2) is 0 Å². The molecule has 0 radical (unpaired) electrons. The maximum atomic E-state index is 5.98. The number of benzene rings is 1. The number of hydrogen-bond donors (Lipinski definition) is 0. The predicted molar refractivity (Wildman–Crippen MR) is 118 cm³/mol. The second kappa shape index (κ2) is 10.2. The third-order valence-electron chi connectivity index (χ3n) is 4.56. The van der Waals surface area contributed by atoms with Crippen LogP contribution in [0.5, 0.6) is 0 Å². The summed E-state index contributed by atoms with van der Waals surface area (Å²) in [5.41, 5.74) is 4.65. The monoisotopic (exact) mass is 394 g/mol. The van der Waals surface area contributed by atoms with Gasteiger partial charge in [0.15, 0.2) is 0 Å². The number of aromatic nitrogens is 3. The van der Waals surface area contributed by atoms with Crippen molar-refractivity contribution in [3.8, 4) is 11.4 Å². The van der Waals surface area contributed by atoms with Crippen LogP contribution >= 0.6 is 0 Å². The van der Waals surface area contributed by atoms with Gasteiger partial charge in [0.2, 0.25) is 0 Å². The summed E-state index contributed by atoms with van der Waals surface area (Å²) in [6, 6.07) is 25.6. The predicted octanol–water partition coefficient (Wildman–Crippen LogP) is 4.92. The van der Waals surface area contributed by atoms with E-state index < -0.39 is 0 Å². The SMILES string of the molecule is C(=NC(COCc1ccc(-c2ccccn2)nc1)c1ccccc1)c1ccccn1. The fourth-order valence-corrected chi connectivity index (χ4v) is 2.98. The zero-order valence-corrected chi connectivity index (χ0v) is 16.5. The smallest absolute Gasteiger partial charge is 0.0983 e. The average molecular weight is 394 g/mol. The van der Waals surface area contributed by atoms with Gasteiger partial charge in [-0.1, -0.05) is 48.5 Å². The maximum Gasteiger partial charge on any atom is 0.0983 e. The van der Waals surface area contributed by atoms with Gasteiger partial charge in [-0.2, -0.15) is 0 Å². The summed E-state index contributed by atoms with van der Waals surface area (Å²) < 4.78 is 5.98. The lowest BCUT2D eigenvalue weighted by Gasteiger charge is -2.13. The minimum Gasteiger partial charge on any atom is -0.374 e. The Kier molecular flexibility index (Phi) is 6.66. The molecule has 0 aliphatic heterocycles. The lowest BCUT2D eigenvalue weighted by atomic mass is 10.1. The average Bonchev–Trinajstić information content (AvgIpc) is 2.83. The van der Waals surface area contributed by atoms with Crippen LogP contribution in [0.1, 0.15) is 22.9 Å². The fourth-order valence-electron chi connectivity index (χ4n) is 2.98. The first-order valence-corrected chi connectivity index (χ1v) is 9.82. The van der Waals surface area contributed by atoms with E-state index in [2.05, 4.69) is 27.1 Å². The summed E-state index contributed by atoms with van der Waals surface area (Å²) in [6.07, 6.45) is 7.16. The molecular weight excluding hydrogens is 372 g/mol. The van der Waals surface area contributed by atoms with Crippen LogP contribution in [0.15, 0.2) is 102 Å². The first-order valence-electron chi connectivity index (χ1n) is 9.82. The molecule has 0 saturated heterocycles. The van der Waals surface area contributed by atoms with Gasteiger partial charge in [0.25, 0.3) is 0 Å². The Morgan fingerprint density at radius 2 is 1.53 bits per heavy atom. The van der Waals surface area contributed by atoms with Crippen molar-refractivity contribution in [2.24, 2.45) is 4.99 Å². The highest BCUT2D eigenvalue weighted by Gasteiger charge is 2.10. The Balaban J connectivity index is 1.39. The summed E-state index contributed by atoms with van der Waals surface area (Å²) >= 11 is 0. The highest BCUT2D eigenvalue weighted by molar-refractivity contribution is 5.76. The highest BCUT2D eigenvalue weighted by atomic mass is 16.5. The minimum absolute atomic E-state index is 0.103. The molecule has 1 aromatic carbocycles. The van der Waals surface area contributed by atoms with Crippen molar-refractivity contribution in [2.75, 3.05) is 6.61 Å². The molecule has 0 spiro atoms. The van der Waals surface area contributed by atoms with Gasteiger partial charge in [-0.05, 0) is 41.5 Å². The summed E-state index contributed by atoms with van der Waals surface area (Å²) in [6.45, 7) is 0.938. The molecule has 3 aromatic heterocycles. The standard InChI is InChI=1S/C25H22N4O/c1-2-8-21(9-3-1)25(29-17-22-10-4-6-14-26-22)19-30-18-20-12-13-24(28-16-20)23-11-5-7-15-27-23/h1-17,25H,18-19H2. The Bertz CT molecular complexity index is 1050. The number of aliphatic imine (C=N–C) groups is 1. The van der Waals surface area contributed by atoms with Crippen molar-refractivity contribution < 1.29 is 4.74 Å². The van der Waals surface area contributed by atoms with Crippen molar-refractivity contribution in [1.82, 2.24) is 15.0 Å². The molecule has 4 aromatic rings. The van der Waals surface area contributed by atoms with Crippen LogP contribution in [0.2, 0.25) is 0 Å². The van der Waals surface area contributed by atoms with Crippen molar-refractivity contribution in [3.05, 3.63) is 114 Å². The number of hydrogen-bond acceptors (Lipinski definition) is 5. The van der Waals surface area contributed by atoms with E-state index in [1.165, 1.54) is 0 Å². The van der Waals surface area contributed by atoms with Gasteiger partial charge >= 0.3 is 0 Å². The maximum absolute atomic E-state index is 5.98. The number of rotatable bonds is 8. The fraction of sp³-hybridized carbons (Fsp3) is 0.120. The van der Waals surface area contributed by atoms with Gasteiger partial charge in [-0.3, -0.25) is 19.9 Å².